The molecule has 9 heavy (non-hydrogen) atoms. The first-order valence-electron chi connectivity index (χ1n) is 3.12. The van der Waals surface area contributed by atoms with Gasteiger partial charge in [-0.1, -0.05) is 5.10 Å². The minimum atomic E-state index is 0.583. The fraction of sp³-hybridized carbons (Fsp3) is 0.800. The Bertz CT molecular complexity index is 173. The number of nitrogens with zero attached hydrogens (tertiary/aromatic N) is 4. The normalized spacial score (nSPS) is 53.1. The SMILES string of the molecule is CC1C(C)[N+]12C=NN=N2. The fourth-order valence-electron chi connectivity index (χ4n) is 1.29. The van der Waals surface area contributed by atoms with Gasteiger partial charge in [-0.25, -0.2) is 0 Å². The van der Waals surface area contributed by atoms with Crippen LogP contribution in [0.1, 0.15) is 13.8 Å². The van der Waals surface area contributed by atoms with Gasteiger partial charge in [0.2, 0.25) is 6.34 Å². The highest BCUT2D eigenvalue weighted by Crippen LogP contribution is 2.40. The molecule has 0 saturated carbocycles. The second-order valence-electron chi connectivity index (χ2n) is 2.68. The minimum Gasteiger partial charge on any atom is -0.119 e. The van der Waals surface area contributed by atoms with Crippen molar-refractivity contribution < 1.29 is 4.59 Å². The van der Waals surface area contributed by atoms with Gasteiger partial charge in [-0.15, -0.1) is 4.59 Å². The van der Waals surface area contributed by atoms with E-state index in [1.807, 2.05) is 0 Å². The van der Waals surface area contributed by atoms with E-state index in [-0.39, 0.29) is 0 Å². The molecular formula is C5H9N4+. The smallest absolute Gasteiger partial charge is 0.119 e. The van der Waals surface area contributed by atoms with E-state index < -0.39 is 0 Å². The summed E-state index contributed by atoms with van der Waals surface area (Å²) < 4.78 is 0.639. The van der Waals surface area contributed by atoms with E-state index in [4.69, 9.17) is 0 Å². The largest absolute Gasteiger partial charge is 0.240 e. The Labute approximate surface area is 53.4 Å². The van der Waals surface area contributed by atoms with Crippen molar-refractivity contribution in [3.05, 3.63) is 0 Å². The lowest BCUT2D eigenvalue weighted by Crippen LogP contribution is -2.16. The third kappa shape index (κ3) is 0.400. The Kier molecular flexibility index (Phi) is 0.679. The molecule has 0 bridgehead atoms. The van der Waals surface area contributed by atoms with E-state index in [0.717, 1.165) is 0 Å². The maximum absolute atomic E-state index is 3.98. The molecule has 0 radical (unpaired) electrons. The average molecular weight is 125 g/mol. The monoisotopic (exact) mass is 125 g/mol. The van der Waals surface area contributed by atoms with Crippen LogP contribution in [0.2, 0.25) is 0 Å². The van der Waals surface area contributed by atoms with Crippen molar-refractivity contribution in [2.24, 2.45) is 15.5 Å². The Morgan fingerprint density at radius 3 is 2.22 bits per heavy atom. The van der Waals surface area contributed by atoms with E-state index in [2.05, 4.69) is 29.4 Å². The standard InChI is InChI=1S/C5H9N4/c1-4-5(2)9(4)3-6-7-8-9/h3-5H,1-2H3/q+1. The molecule has 0 aliphatic carbocycles. The molecule has 2 rings (SSSR count). The zero-order valence-electron chi connectivity index (χ0n) is 5.52. The summed E-state index contributed by atoms with van der Waals surface area (Å²) in [6.45, 7) is 4.31. The summed E-state index contributed by atoms with van der Waals surface area (Å²) in [5.41, 5.74) is 0. The third-order valence-corrected chi connectivity index (χ3v) is 2.40. The van der Waals surface area contributed by atoms with E-state index in [1.165, 1.54) is 0 Å². The Balaban J connectivity index is 2.31. The summed E-state index contributed by atoms with van der Waals surface area (Å²) in [7, 11) is 0. The lowest BCUT2D eigenvalue weighted by Gasteiger charge is -1.94. The molecule has 0 amide bonds. The predicted molar refractivity (Wildman–Crippen MR) is 32.5 cm³/mol. The molecule has 0 aromatic heterocycles. The topological polar surface area (TPSA) is 37.1 Å². The quantitative estimate of drug-likeness (QED) is 0.341. The van der Waals surface area contributed by atoms with E-state index in [9.17, 15) is 0 Å². The predicted octanol–water partition coefficient (Wildman–Crippen LogP) is 0.918. The third-order valence-electron chi connectivity index (χ3n) is 2.40. The molecule has 2 aliphatic heterocycles. The van der Waals surface area contributed by atoms with Crippen LogP contribution in [0.25, 0.3) is 0 Å². The van der Waals surface area contributed by atoms with Gasteiger partial charge >= 0.3 is 0 Å². The maximum Gasteiger partial charge on any atom is 0.240 e. The van der Waals surface area contributed by atoms with Crippen LogP contribution < -0.4 is 0 Å². The summed E-state index contributed by atoms with van der Waals surface area (Å²) in [5, 5.41) is 11.3. The van der Waals surface area contributed by atoms with Crippen LogP contribution in [0.4, 0.5) is 0 Å². The van der Waals surface area contributed by atoms with Crippen LogP contribution in [-0.4, -0.2) is 23.0 Å². The maximum atomic E-state index is 3.98. The van der Waals surface area contributed by atoms with Crippen LogP contribution in [0.15, 0.2) is 15.5 Å². The van der Waals surface area contributed by atoms with E-state index in [0.29, 0.717) is 16.7 Å². The molecule has 2 heterocycles. The molecule has 2 atom stereocenters. The summed E-state index contributed by atoms with van der Waals surface area (Å²) in [4.78, 5) is 0. The first-order chi connectivity index (χ1) is 4.27. The van der Waals surface area contributed by atoms with Gasteiger partial charge < -0.3 is 0 Å². The van der Waals surface area contributed by atoms with Crippen molar-refractivity contribution in [1.29, 1.82) is 0 Å². The van der Waals surface area contributed by atoms with Gasteiger partial charge in [0.15, 0.2) is 12.1 Å². The summed E-state index contributed by atoms with van der Waals surface area (Å²) in [6.07, 6.45) is 1.80. The molecule has 4 heteroatoms. The number of quaternary nitrogens is 1. The van der Waals surface area contributed by atoms with Gasteiger partial charge in [0.05, 0.1) is 5.22 Å². The Morgan fingerprint density at radius 1 is 1.33 bits per heavy atom. The molecule has 2 aliphatic rings. The highest BCUT2D eigenvalue weighted by molar-refractivity contribution is 5.49. The first-order valence-corrected chi connectivity index (χ1v) is 3.12. The Hall–Kier alpha value is -0.770. The molecule has 0 N–H and O–H groups in total. The first kappa shape index (κ1) is 5.05. The second kappa shape index (κ2) is 1.21. The van der Waals surface area contributed by atoms with Gasteiger partial charge in [-0.2, -0.15) is 0 Å². The molecule has 0 aromatic rings. The zero-order chi connectivity index (χ0) is 6.48. The van der Waals surface area contributed by atoms with Crippen molar-refractivity contribution in [2.75, 3.05) is 0 Å². The molecule has 48 valence electrons. The van der Waals surface area contributed by atoms with Crippen LogP contribution in [0.5, 0.6) is 0 Å². The second-order valence-corrected chi connectivity index (χ2v) is 2.68. The van der Waals surface area contributed by atoms with Crippen molar-refractivity contribution >= 4 is 6.34 Å². The minimum absolute atomic E-state index is 0.583. The summed E-state index contributed by atoms with van der Waals surface area (Å²) in [6, 6.07) is 1.17. The lowest BCUT2D eigenvalue weighted by atomic mass is 10.4. The average Bonchev–Trinajstić information content (AvgIpc) is 2.44. The molecule has 1 fully saturated rings. The van der Waals surface area contributed by atoms with Crippen molar-refractivity contribution in [3.8, 4) is 0 Å². The number of hydrogen-bond acceptors (Lipinski definition) is 3. The van der Waals surface area contributed by atoms with Crippen LogP contribution in [0.3, 0.4) is 0 Å². The molecule has 2 unspecified atom stereocenters. The van der Waals surface area contributed by atoms with Crippen LogP contribution >= 0.6 is 0 Å². The number of hydrogen-bond donors (Lipinski definition) is 0. The van der Waals surface area contributed by atoms with Crippen molar-refractivity contribution in [3.63, 3.8) is 0 Å². The van der Waals surface area contributed by atoms with Gasteiger partial charge in [0.1, 0.15) is 0 Å². The molecule has 1 saturated heterocycles. The zero-order valence-corrected chi connectivity index (χ0v) is 5.52. The highest BCUT2D eigenvalue weighted by Gasteiger charge is 2.64. The van der Waals surface area contributed by atoms with E-state index >= 15 is 0 Å². The van der Waals surface area contributed by atoms with E-state index in [1.54, 1.807) is 6.34 Å². The van der Waals surface area contributed by atoms with Crippen molar-refractivity contribution in [2.45, 2.75) is 25.9 Å². The summed E-state index contributed by atoms with van der Waals surface area (Å²) >= 11 is 0. The molecule has 0 aromatic carbocycles. The van der Waals surface area contributed by atoms with Crippen molar-refractivity contribution in [1.82, 2.24) is 0 Å². The highest BCUT2D eigenvalue weighted by atomic mass is 15.9. The van der Waals surface area contributed by atoms with Gasteiger partial charge in [-0.05, 0) is 13.8 Å². The lowest BCUT2D eigenvalue weighted by molar-refractivity contribution is -0.729. The van der Waals surface area contributed by atoms with Gasteiger partial charge in [-0.3, -0.25) is 0 Å². The fourth-order valence-corrected chi connectivity index (χ4v) is 1.29. The molecule has 4 nitrogen and oxygen atoms in total. The molecule has 1 spiro atoms. The Morgan fingerprint density at radius 2 is 2.00 bits per heavy atom. The van der Waals surface area contributed by atoms with Gasteiger partial charge in [0, 0.05) is 5.22 Å². The number of rotatable bonds is 0. The summed E-state index contributed by atoms with van der Waals surface area (Å²) in [5.74, 6) is 0. The van der Waals surface area contributed by atoms with Crippen LogP contribution in [0, 0.1) is 0 Å². The molecular weight excluding hydrogens is 116 g/mol. The van der Waals surface area contributed by atoms with Gasteiger partial charge in [0.25, 0.3) is 0 Å². The van der Waals surface area contributed by atoms with Crippen LogP contribution in [-0.2, 0) is 0 Å².